The van der Waals surface area contributed by atoms with Gasteiger partial charge in [-0.15, -0.1) is 10.2 Å². The van der Waals surface area contributed by atoms with Crippen molar-refractivity contribution in [3.05, 3.63) is 54.0 Å². The van der Waals surface area contributed by atoms with E-state index in [-0.39, 0.29) is 6.03 Å². The quantitative estimate of drug-likeness (QED) is 0.733. The van der Waals surface area contributed by atoms with Crippen molar-refractivity contribution in [2.75, 3.05) is 36.4 Å². The smallest absolute Gasteiger partial charge is 0.321 e. The number of rotatable bonds is 4. The Hall–Kier alpha value is -3.42. The lowest BCUT2D eigenvalue weighted by Crippen LogP contribution is -2.50. The van der Waals surface area contributed by atoms with E-state index < -0.39 is 0 Å². The lowest BCUT2D eigenvalue weighted by molar-refractivity contribution is 0.208. The molecular weight excluding hydrogens is 368 g/mol. The molecule has 150 valence electrons. The molecule has 0 aliphatic carbocycles. The largest absolute Gasteiger partial charge is 0.421 e. The first-order chi connectivity index (χ1) is 14.1. The summed E-state index contributed by atoms with van der Waals surface area (Å²) in [5.41, 5.74) is 2.84. The van der Waals surface area contributed by atoms with Crippen LogP contribution in [-0.4, -0.2) is 52.3 Å². The van der Waals surface area contributed by atoms with E-state index in [9.17, 15) is 4.79 Å². The molecule has 1 N–H and O–H groups in total. The Morgan fingerprint density at radius 2 is 1.97 bits per heavy atom. The minimum atomic E-state index is -0.0772. The molecule has 3 aromatic rings. The van der Waals surface area contributed by atoms with E-state index in [1.807, 2.05) is 35.2 Å². The van der Waals surface area contributed by atoms with Crippen LogP contribution < -0.4 is 10.2 Å². The van der Waals surface area contributed by atoms with Gasteiger partial charge in [0.15, 0.2) is 0 Å². The number of carbonyl (C=O) groups excluding carboxylic acids is 1. The minimum Gasteiger partial charge on any atom is -0.421 e. The monoisotopic (exact) mass is 392 g/mol. The van der Waals surface area contributed by atoms with Crippen LogP contribution in [-0.2, 0) is 6.42 Å². The summed E-state index contributed by atoms with van der Waals surface area (Å²) in [6, 6.07) is 11.7. The van der Waals surface area contributed by atoms with Crippen molar-refractivity contribution in [1.29, 1.82) is 0 Å². The molecule has 29 heavy (non-hydrogen) atoms. The third kappa shape index (κ3) is 4.21. The molecule has 0 bridgehead atoms. The Kier molecular flexibility index (Phi) is 5.41. The average Bonchev–Trinajstić information content (AvgIpc) is 3.20. The summed E-state index contributed by atoms with van der Waals surface area (Å²) < 4.78 is 5.58. The molecule has 1 aromatic carbocycles. The predicted octanol–water partition coefficient (Wildman–Crippen LogP) is 3.36. The Balaban J connectivity index is 1.41. The van der Waals surface area contributed by atoms with Crippen LogP contribution in [0.4, 0.5) is 16.3 Å². The maximum absolute atomic E-state index is 12.6. The lowest BCUT2D eigenvalue weighted by Gasteiger charge is -2.35. The Morgan fingerprint density at radius 3 is 2.69 bits per heavy atom. The summed E-state index contributed by atoms with van der Waals surface area (Å²) in [6.45, 7) is 6.44. The molecule has 0 unspecified atom stereocenters. The van der Waals surface area contributed by atoms with Crippen LogP contribution in [0.5, 0.6) is 0 Å². The van der Waals surface area contributed by atoms with Crippen LogP contribution in [0.2, 0.25) is 0 Å². The van der Waals surface area contributed by atoms with Crippen molar-refractivity contribution < 1.29 is 9.21 Å². The van der Waals surface area contributed by atoms with Crippen LogP contribution in [0.1, 0.15) is 18.4 Å². The van der Waals surface area contributed by atoms with E-state index in [4.69, 9.17) is 4.42 Å². The fourth-order valence-corrected chi connectivity index (χ4v) is 3.41. The number of aryl methyl sites for hydroxylation is 2. The number of benzene rings is 1. The van der Waals surface area contributed by atoms with Crippen molar-refractivity contribution in [2.45, 2.75) is 20.3 Å². The van der Waals surface area contributed by atoms with Gasteiger partial charge in [-0.2, -0.15) is 0 Å². The number of anilines is 2. The van der Waals surface area contributed by atoms with E-state index in [2.05, 4.69) is 38.4 Å². The number of nitrogens with one attached hydrogen (secondary N) is 1. The summed E-state index contributed by atoms with van der Waals surface area (Å²) in [5.74, 6) is 1.77. The average molecular weight is 392 g/mol. The fraction of sp³-hybridized carbons (Fsp3) is 0.333. The summed E-state index contributed by atoms with van der Waals surface area (Å²) >= 11 is 0. The molecular formula is C21H24N6O2. The van der Waals surface area contributed by atoms with Gasteiger partial charge in [-0.05, 0) is 36.2 Å². The van der Waals surface area contributed by atoms with Crippen LogP contribution in [0.15, 0.2) is 47.0 Å². The zero-order valence-corrected chi connectivity index (χ0v) is 16.6. The highest BCUT2D eigenvalue weighted by Crippen LogP contribution is 2.28. The topological polar surface area (TPSA) is 87.4 Å². The molecule has 4 rings (SSSR count). The van der Waals surface area contributed by atoms with Crippen LogP contribution >= 0.6 is 0 Å². The van der Waals surface area contributed by atoms with Gasteiger partial charge in [0, 0.05) is 45.0 Å². The second kappa shape index (κ2) is 8.30. The van der Waals surface area contributed by atoms with Crippen LogP contribution in [0.25, 0.3) is 11.5 Å². The summed E-state index contributed by atoms with van der Waals surface area (Å²) in [7, 11) is 0. The first-order valence-electron chi connectivity index (χ1n) is 9.79. The summed E-state index contributed by atoms with van der Waals surface area (Å²) in [5, 5.41) is 11.0. The number of amides is 2. The number of pyridine rings is 1. The van der Waals surface area contributed by atoms with Gasteiger partial charge in [0.1, 0.15) is 5.82 Å². The second-order valence-electron chi connectivity index (χ2n) is 6.96. The molecule has 8 nitrogen and oxygen atoms in total. The molecule has 0 radical (unpaired) electrons. The van der Waals surface area contributed by atoms with Crippen molar-refractivity contribution in [3.63, 3.8) is 0 Å². The number of piperazine rings is 1. The van der Waals surface area contributed by atoms with Gasteiger partial charge < -0.3 is 19.5 Å². The molecule has 2 aromatic heterocycles. The molecule has 8 heteroatoms. The van der Waals surface area contributed by atoms with Crippen molar-refractivity contribution in [1.82, 2.24) is 20.1 Å². The number of carbonyl (C=O) groups is 1. The van der Waals surface area contributed by atoms with Crippen molar-refractivity contribution in [2.24, 2.45) is 0 Å². The SMILES string of the molecule is CCc1cccc(NC(=O)N2CCN(c3ncccc3-c3nnc(C)o3)CC2)c1. The number of hydrogen-bond acceptors (Lipinski definition) is 6. The number of aromatic nitrogens is 3. The van der Waals surface area contributed by atoms with Gasteiger partial charge in [-0.25, -0.2) is 9.78 Å². The second-order valence-corrected chi connectivity index (χ2v) is 6.96. The maximum atomic E-state index is 12.6. The van der Waals surface area contributed by atoms with Crippen LogP contribution in [0, 0.1) is 6.92 Å². The van der Waals surface area contributed by atoms with E-state index in [1.165, 1.54) is 5.56 Å². The zero-order chi connectivity index (χ0) is 20.2. The molecule has 0 atom stereocenters. The van der Waals surface area contributed by atoms with E-state index in [1.54, 1.807) is 13.1 Å². The molecule has 0 saturated carbocycles. The van der Waals surface area contributed by atoms with Gasteiger partial charge in [0.25, 0.3) is 5.89 Å². The Bertz CT molecular complexity index is 994. The third-order valence-electron chi connectivity index (χ3n) is 5.00. The highest BCUT2D eigenvalue weighted by Gasteiger charge is 2.25. The lowest BCUT2D eigenvalue weighted by atomic mass is 10.1. The van der Waals surface area contributed by atoms with Gasteiger partial charge in [-0.3, -0.25) is 0 Å². The van der Waals surface area contributed by atoms with Gasteiger partial charge >= 0.3 is 6.03 Å². The molecule has 1 aliphatic rings. The first-order valence-corrected chi connectivity index (χ1v) is 9.79. The fourth-order valence-electron chi connectivity index (χ4n) is 3.41. The van der Waals surface area contributed by atoms with Crippen molar-refractivity contribution in [3.8, 4) is 11.5 Å². The third-order valence-corrected chi connectivity index (χ3v) is 5.00. The van der Waals surface area contributed by atoms with E-state index in [0.29, 0.717) is 38.0 Å². The van der Waals surface area contributed by atoms with E-state index in [0.717, 1.165) is 23.5 Å². The number of nitrogens with zero attached hydrogens (tertiary/aromatic N) is 5. The molecule has 1 saturated heterocycles. The molecule has 1 fully saturated rings. The molecule has 1 aliphatic heterocycles. The zero-order valence-electron chi connectivity index (χ0n) is 16.6. The summed E-state index contributed by atoms with van der Waals surface area (Å²) in [4.78, 5) is 21.1. The maximum Gasteiger partial charge on any atom is 0.321 e. The standard InChI is InChI=1S/C21H24N6O2/c1-3-16-6-4-7-17(14-16)23-21(28)27-12-10-26(11-13-27)19-18(8-5-9-22-19)20-25-24-15(2)29-20/h4-9,14H,3,10-13H2,1-2H3,(H,23,28). The molecule has 2 amide bonds. The number of hydrogen-bond donors (Lipinski definition) is 1. The molecule has 0 spiro atoms. The first kappa shape index (κ1) is 18.9. The molecule has 3 heterocycles. The Labute approximate surface area is 169 Å². The minimum absolute atomic E-state index is 0.0772. The normalized spacial score (nSPS) is 14.1. The van der Waals surface area contributed by atoms with Gasteiger partial charge in [-0.1, -0.05) is 19.1 Å². The predicted molar refractivity (Wildman–Crippen MR) is 111 cm³/mol. The van der Waals surface area contributed by atoms with Crippen molar-refractivity contribution >= 4 is 17.5 Å². The number of urea groups is 1. The van der Waals surface area contributed by atoms with Gasteiger partial charge in [0.05, 0.1) is 5.56 Å². The summed E-state index contributed by atoms with van der Waals surface area (Å²) in [6.07, 6.45) is 2.69. The Morgan fingerprint density at radius 1 is 1.14 bits per heavy atom. The van der Waals surface area contributed by atoms with Gasteiger partial charge in [0.2, 0.25) is 5.89 Å². The highest BCUT2D eigenvalue weighted by atomic mass is 16.4. The van der Waals surface area contributed by atoms with E-state index >= 15 is 0 Å². The van der Waals surface area contributed by atoms with Crippen LogP contribution in [0.3, 0.4) is 0 Å². The highest BCUT2D eigenvalue weighted by molar-refractivity contribution is 5.89.